The van der Waals surface area contributed by atoms with Gasteiger partial charge in [-0.05, 0) is 35.1 Å². The first-order valence-corrected chi connectivity index (χ1v) is 8.63. The van der Waals surface area contributed by atoms with Gasteiger partial charge in [0.2, 0.25) is 0 Å². The summed E-state index contributed by atoms with van der Waals surface area (Å²) in [7, 11) is 0. The highest BCUT2D eigenvalue weighted by Gasteiger charge is 1.96. The van der Waals surface area contributed by atoms with Crippen molar-refractivity contribution in [3.8, 4) is 0 Å². The molecule has 0 amide bonds. The second kappa shape index (κ2) is 11.0. The van der Waals surface area contributed by atoms with Crippen molar-refractivity contribution < 1.29 is 4.74 Å². The topological polar surface area (TPSA) is 9.23 Å². The number of benzene rings is 2. The Morgan fingerprint density at radius 1 is 0.680 bits per heavy atom. The molecule has 2 rings (SSSR count). The molecule has 1 nitrogen and oxygen atoms in total. The van der Waals surface area contributed by atoms with Crippen LogP contribution in [0.1, 0.15) is 22.3 Å². The number of ether oxygens (including phenoxy) is 1. The van der Waals surface area contributed by atoms with E-state index in [0.717, 1.165) is 12.8 Å². The van der Waals surface area contributed by atoms with E-state index in [1.807, 2.05) is 12.2 Å². The first-order valence-electron chi connectivity index (χ1n) is 8.63. The van der Waals surface area contributed by atoms with Gasteiger partial charge < -0.3 is 4.74 Å². The van der Waals surface area contributed by atoms with Crippen LogP contribution in [0.15, 0.2) is 86.0 Å². The van der Waals surface area contributed by atoms with Gasteiger partial charge in [-0.3, -0.25) is 0 Å². The van der Waals surface area contributed by atoms with Crippen LogP contribution >= 0.6 is 0 Å². The fourth-order valence-electron chi connectivity index (χ4n) is 2.63. The molecule has 0 saturated heterocycles. The molecule has 0 bridgehead atoms. The van der Waals surface area contributed by atoms with E-state index in [9.17, 15) is 0 Å². The van der Waals surface area contributed by atoms with Crippen LogP contribution in [-0.4, -0.2) is 13.2 Å². The molecule has 0 aliphatic carbocycles. The van der Waals surface area contributed by atoms with E-state index in [-0.39, 0.29) is 0 Å². The van der Waals surface area contributed by atoms with Crippen LogP contribution in [0, 0.1) is 0 Å². The molecule has 0 spiro atoms. The number of allylic oxidation sites excluding steroid dienone is 2. The Hall–Kier alpha value is -2.64. The lowest BCUT2D eigenvalue weighted by Gasteiger charge is -2.03. The Balaban J connectivity index is 1.80. The maximum Gasteiger partial charge on any atom is 0.0655 e. The molecule has 0 atom stereocenters. The van der Waals surface area contributed by atoms with E-state index in [0.29, 0.717) is 13.2 Å². The Morgan fingerprint density at radius 3 is 1.56 bits per heavy atom. The molecule has 1 heteroatoms. The van der Waals surface area contributed by atoms with Crippen molar-refractivity contribution in [3.05, 3.63) is 108 Å². The fraction of sp³-hybridized carbons (Fsp3) is 0.167. The predicted molar refractivity (Wildman–Crippen MR) is 110 cm³/mol. The standard InChI is InChI=1S/C24H26O/c1-3-11-21-13-5-7-15-23(21)17-9-19-25-20-10-18-24-16-8-6-14-22(24)12-4-2/h3-10,13-18H,1-2,11-12,19-20H2. The highest BCUT2D eigenvalue weighted by molar-refractivity contribution is 5.55. The Bertz CT molecular complexity index is 674. The third-order valence-corrected chi connectivity index (χ3v) is 3.86. The SMILES string of the molecule is C=CCc1ccccc1C=CCOCC=Cc1ccccc1CC=C. The highest BCUT2D eigenvalue weighted by atomic mass is 16.5. The molecule has 0 N–H and O–H groups in total. The average Bonchev–Trinajstić information content (AvgIpc) is 2.64. The molecular weight excluding hydrogens is 304 g/mol. The van der Waals surface area contributed by atoms with Crippen LogP contribution in [0.25, 0.3) is 12.2 Å². The zero-order valence-corrected chi connectivity index (χ0v) is 14.7. The fourth-order valence-corrected chi connectivity index (χ4v) is 2.63. The highest BCUT2D eigenvalue weighted by Crippen LogP contribution is 2.13. The summed E-state index contributed by atoms with van der Waals surface area (Å²) < 4.78 is 5.66. The van der Waals surface area contributed by atoms with E-state index >= 15 is 0 Å². The van der Waals surface area contributed by atoms with Crippen molar-refractivity contribution in [3.63, 3.8) is 0 Å². The minimum Gasteiger partial charge on any atom is -0.373 e. The van der Waals surface area contributed by atoms with Crippen LogP contribution in [0.3, 0.4) is 0 Å². The third-order valence-electron chi connectivity index (χ3n) is 3.86. The molecule has 0 saturated carbocycles. The molecule has 25 heavy (non-hydrogen) atoms. The summed E-state index contributed by atoms with van der Waals surface area (Å²) >= 11 is 0. The van der Waals surface area contributed by atoms with Crippen LogP contribution in [-0.2, 0) is 17.6 Å². The molecule has 0 heterocycles. The quantitative estimate of drug-likeness (QED) is 0.390. The lowest BCUT2D eigenvalue weighted by Crippen LogP contribution is -1.92. The Morgan fingerprint density at radius 2 is 1.12 bits per heavy atom. The summed E-state index contributed by atoms with van der Waals surface area (Å²) in [6.45, 7) is 8.81. The van der Waals surface area contributed by atoms with Crippen molar-refractivity contribution in [2.45, 2.75) is 12.8 Å². The van der Waals surface area contributed by atoms with Gasteiger partial charge in [0.15, 0.2) is 0 Å². The second-order valence-corrected chi connectivity index (χ2v) is 5.73. The molecule has 0 radical (unpaired) electrons. The molecule has 2 aromatic carbocycles. The molecule has 0 aliphatic heterocycles. The first kappa shape index (κ1) is 18.7. The van der Waals surface area contributed by atoms with Gasteiger partial charge in [-0.2, -0.15) is 0 Å². The monoisotopic (exact) mass is 330 g/mol. The number of rotatable bonds is 10. The zero-order valence-electron chi connectivity index (χ0n) is 14.7. The zero-order chi connectivity index (χ0) is 17.7. The van der Waals surface area contributed by atoms with E-state index < -0.39 is 0 Å². The van der Waals surface area contributed by atoms with Gasteiger partial charge in [-0.15, -0.1) is 13.2 Å². The van der Waals surface area contributed by atoms with Crippen molar-refractivity contribution in [2.75, 3.05) is 13.2 Å². The summed E-state index contributed by atoms with van der Waals surface area (Å²) in [5.41, 5.74) is 5.01. The van der Waals surface area contributed by atoms with E-state index in [1.165, 1.54) is 22.3 Å². The lowest BCUT2D eigenvalue weighted by atomic mass is 10.0. The summed E-state index contributed by atoms with van der Waals surface area (Å²) in [5, 5.41) is 0. The predicted octanol–water partition coefficient (Wildman–Crippen LogP) is 5.89. The smallest absolute Gasteiger partial charge is 0.0655 e. The summed E-state index contributed by atoms with van der Waals surface area (Å²) in [6.07, 6.45) is 14.0. The van der Waals surface area contributed by atoms with Crippen LogP contribution in [0.5, 0.6) is 0 Å². The second-order valence-electron chi connectivity index (χ2n) is 5.73. The average molecular weight is 330 g/mol. The van der Waals surface area contributed by atoms with E-state index in [4.69, 9.17) is 4.74 Å². The van der Waals surface area contributed by atoms with Crippen molar-refractivity contribution in [2.24, 2.45) is 0 Å². The van der Waals surface area contributed by atoms with Crippen molar-refractivity contribution >= 4 is 12.2 Å². The minimum absolute atomic E-state index is 0.598. The van der Waals surface area contributed by atoms with Crippen LogP contribution in [0.2, 0.25) is 0 Å². The third kappa shape index (κ3) is 6.40. The normalized spacial score (nSPS) is 11.2. The number of hydrogen-bond donors (Lipinski definition) is 0. The maximum absolute atomic E-state index is 5.66. The number of hydrogen-bond acceptors (Lipinski definition) is 1. The molecule has 128 valence electrons. The first-order chi connectivity index (χ1) is 12.3. The van der Waals surface area contributed by atoms with Gasteiger partial charge in [0.1, 0.15) is 0 Å². The summed E-state index contributed by atoms with van der Waals surface area (Å²) in [6, 6.07) is 16.7. The molecule has 0 unspecified atom stereocenters. The van der Waals surface area contributed by atoms with E-state index in [2.05, 4.69) is 86.0 Å². The maximum atomic E-state index is 5.66. The van der Waals surface area contributed by atoms with E-state index in [1.54, 1.807) is 0 Å². The lowest BCUT2D eigenvalue weighted by molar-refractivity contribution is 0.195. The van der Waals surface area contributed by atoms with Crippen LogP contribution < -0.4 is 0 Å². The molecular formula is C24H26O. The van der Waals surface area contributed by atoms with Gasteiger partial charge in [0.05, 0.1) is 13.2 Å². The van der Waals surface area contributed by atoms with Gasteiger partial charge in [-0.25, -0.2) is 0 Å². The summed E-state index contributed by atoms with van der Waals surface area (Å²) in [5.74, 6) is 0. The summed E-state index contributed by atoms with van der Waals surface area (Å²) in [4.78, 5) is 0. The molecule has 0 fully saturated rings. The van der Waals surface area contributed by atoms with Gasteiger partial charge in [0, 0.05) is 0 Å². The Labute approximate surface area is 151 Å². The van der Waals surface area contributed by atoms with Crippen molar-refractivity contribution in [1.29, 1.82) is 0 Å². The minimum atomic E-state index is 0.598. The van der Waals surface area contributed by atoms with Crippen molar-refractivity contribution in [1.82, 2.24) is 0 Å². The van der Waals surface area contributed by atoms with Gasteiger partial charge in [0.25, 0.3) is 0 Å². The van der Waals surface area contributed by atoms with Gasteiger partial charge in [-0.1, -0.05) is 85.0 Å². The molecule has 0 aliphatic rings. The Kier molecular flexibility index (Phi) is 8.23. The largest absolute Gasteiger partial charge is 0.373 e. The molecule has 2 aromatic rings. The van der Waals surface area contributed by atoms with Gasteiger partial charge >= 0.3 is 0 Å². The van der Waals surface area contributed by atoms with Crippen LogP contribution in [0.4, 0.5) is 0 Å². The molecule has 0 aromatic heterocycles.